The Morgan fingerprint density at radius 1 is 0.587 bits per heavy atom. The van der Waals surface area contributed by atoms with Crippen LogP contribution in [0.5, 0.6) is 11.5 Å². The highest BCUT2D eigenvalue weighted by Crippen LogP contribution is 2.27. The molecule has 3 aromatic carbocycles. The fraction of sp³-hybridized carbons (Fsp3) is 0.257. The number of hydrogen-bond donors (Lipinski definition) is 0. The van der Waals surface area contributed by atoms with E-state index in [4.69, 9.17) is 33.2 Å². The smallest absolute Gasteiger partial charge is 0.343 e. The summed E-state index contributed by atoms with van der Waals surface area (Å²) in [7, 11) is 0. The summed E-state index contributed by atoms with van der Waals surface area (Å²) in [5, 5.41) is 0. The van der Waals surface area contributed by atoms with Gasteiger partial charge in [-0.3, -0.25) is 0 Å². The highest BCUT2D eigenvalue weighted by molar-refractivity contribution is 5.92. The van der Waals surface area contributed by atoms with Crippen molar-refractivity contribution in [2.24, 2.45) is 0 Å². The van der Waals surface area contributed by atoms with E-state index in [1.165, 1.54) is 0 Å². The van der Waals surface area contributed by atoms with Crippen LogP contribution >= 0.6 is 0 Å². The van der Waals surface area contributed by atoms with E-state index in [0.29, 0.717) is 49.1 Å². The fourth-order valence-electron chi connectivity index (χ4n) is 3.81. The van der Waals surface area contributed by atoms with Crippen molar-refractivity contribution in [1.82, 2.24) is 0 Å². The van der Waals surface area contributed by atoms with E-state index in [1.54, 1.807) is 54.6 Å². The highest BCUT2D eigenvalue weighted by Gasteiger charge is 2.13. The second kappa shape index (κ2) is 19.2. The van der Waals surface area contributed by atoms with Gasteiger partial charge in [0.05, 0.1) is 37.6 Å². The maximum atomic E-state index is 12.8. The van der Waals surface area contributed by atoms with Crippen molar-refractivity contribution >= 4 is 23.9 Å². The van der Waals surface area contributed by atoms with E-state index in [0.717, 1.165) is 28.8 Å². The molecule has 46 heavy (non-hydrogen) atoms. The van der Waals surface area contributed by atoms with E-state index in [9.17, 15) is 19.2 Å². The number of carbonyl (C=O) groups is 4. The van der Waals surface area contributed by atoms with Crippen LogP contribution in [0.2, 0.25) is 0 Å². The lowest BCUT2D eigenvalue weighted by Crippen LogP contribution is -2.13. The first kappa shape index (κ1) is 35.2. The van der Waals surface area contributed by atoms with Crippen molar-refractivity contribution in [3.05, 3.63) is 109 Å². The highest BCUT2D eigenvalue weighted by atomic mass is 16.6. The Morgan fingerprint density at radius 3 is 1.70 bits per heavy atom. The van der Waals surface area contributed by atoms with Gasteiger partial charge in [0.2, 0.25) is 0 Å². The molecule has 11 nitrogen and oxygen atoms in total. The second-order valence-corrected chi connectivity index (χ2v) is 9.42. The molecular weight excluding hydrogens is 596 g/mol. The van der Waals surface area contributed by atoms with Crippen LogP contribution in [0.1, 0.15) is 26.3 Å². The van der Waals surface area contributed by atoms with Crippen LogP contribution in [0.25, 0.3) is 11.1 Å². The summed E-state index contributed by atoms with van der Waals surface area (Å²) in [5.74, 6) is -1.11. The summed E-state index contributed by atoms with van der Waals surface area (Å²) < 4.78 is 36.7. The summed E-state index contributed by atoms with van der Waals surface area (Å²) in [5.41, 5.74) is 3.21. The summed E-state index contributed by atoms with van der Waals surface area (Å²) >= 11 is 0. The predicted molar refractivity (Wildman–Crippen MR) is 168 cm³/mol. The largest absolute Gasteiger partial charge is 0.491 e. The van der Waals surface area contributed by atoms with Gasteiger partial charge in [0.15, 0.2) is 0 Å². The topological polar surface area (TPSA) is 133 Å². The van der Waals surface area contributed by atoms with Gasteiger partial charge in [-0.25, -0.2) is 19.2 Å². The standard InChI is InChI=1S/C35H36O11/c1-4-32(36)43-21-19-41-17-16-40-18-20-42-30-13-10-28(11-14-30)35(39)46-31-15-12-29(24-25(31)3)26-6-8-27(9-7-26)34(38)45-23-22-44-33(37)5-2/h4-15,24H,1-2,16-23H2,3H3. The van der Waals surface area contributed by atoms with Crippen molar-refractivity contribution in [2.45, 2.75) is 6.92 Å². The normalized spacial score (nSPS) is 10.4. The van der Waals surface area contributed by atoms with Gasteiger partial charge in [0.25, 0.3) is 0 Å². The Kier molecular flexibility index (Phi) is 14.7. The zero-order valence-corrected chi connectivity index (χ0v) is 25.6. The Labute approximate surface area is 267 Å². The molecule has 0 aliphatic heterocycles. The molecular formula is C35H36O11. The summed E-state index contributed by atoms with van der Waals surface area (Å²) in [6.07, 6.45) is 2.13. The van der Waals surface area contributed by atoms with Gasteiger partial charge in [-0.05, 0) is 72.1 Å². The maximum absolute atomic E-state index is 12.8. The maximum Gasteiger partial charge on any atom is 0.343 e. The average Bonchev–Trinajstić information content (AvgIpc) is 3.08. The van der Waals surface area contributed by atoms with Crippen molar-refractivity contribution in [1.29, 1.82) is 0 Å². The lowest BCUT2D eigenvalue weighted by Gasteiger charge is -2.11. The average molecular weight is 633 g/mol. The minimum atomic E-state index is -0.584. The molecule has 0 N–H and O–H groups in total. The fourth-order valence-corrected chi connectivity index (χ4v) is 3.81. The minimum Gasteiger partial charge on any atom is -0.491 e. The van der Waals surface area contributed by atoms with Gasteiger partial charge in [-0.15, -0.1) is 0 Å². The van der Waals surface area contributed by atoms with E-state index >= 15 is 0 Å². The SMILES string of the molecule is C=CC(=O)OCCOCCOCCOc1ccc(C(=O)Oc2ccc(-c3ccc(C(=O)OCCOC(=O)C=C)cc3)cc2C)cc1. The number of hydrogen-bond acceptors (Lipinski definition) is 11. The van der Waals surface area contributed by atoms with Crippen molar-refractivity contribution in [3.8, 4) is 22.6 Å². The van der Waals surface area contributed by atoms with Gasteiger partial charge < -0.3 is 33.2 Å². The van der Waals surface area contributed by atoms with Crippen LogP contribution in [0.3, 0.4) is 0 Å². The second-order valence-electron chi connectivity index (χ2n) is 9.42. The molecule has 0 atom stereocenters. The predicted octanol–water partition coefficient (Wildman–Crippen LogP) is 4.91. The Balaban J connectivity index is 1.39. The first-order chi connectivity index (χ1) is 22.3. The summed E-state index contributed by atoms with van der Waals surface area (Å²) in [6.45, 7) is 10.1. The molecule has 0 aromatic heterocycles. The zero-order valence-electron chi connectivity index (χ0n) is 25.6. The van der Waals surface area contributed by atoms with Gasteiger partial charge in [0, 0.05) is 12.2 Å². The molecule has 0 radical (unpaired) electrons. The molecule has 3 rings (SSSR count). The van der Waals surface area contributed by atoms with Crippen LogP contribution in [-0.2, 0) is 33.3 Å². The number of esters is 4. The molecule has 242 valence electrons. The molecule has 0 heterocycles. The Morgan fingerprint density at radius 2 is 1.09 bits per heavy atom. The third-order valence-corrected chi connectivity index (χ3v) is 6.16. The monoisotopic (exact) mass is 632 g/mol. The van der Waals surface area contributed by atoms with Crippen molar-refractivity contribution in [3.63, 3.8) is 0 Å². The quantitative estimate of drug-likeness (QED) is 0.0587. The minimum absolute atomic E-state index is 0.0554. The first-order valence-corrected chi connectivity index (χ1v) is 14.4. The number of aryl methyl sites for hydroxylation is 1. The molecule has 0 unspecified atom stereocenters. The molecule has 0 spiro atoms. The molecule has 0 amide bonds. The van der Waals surface area contributed by atoms with E-state index < -0.39 is 23.9 Å². The summed E-state index contributed by atoms with van der Waals surface area (Å²) in [4.78, 5) is 46.9. The molecule has 0 aliphatic carbocycles. The first-order valence-electron chi connectivity index (χ1n) is 14.4. The molecule has 0 bridgehead atoms. The van der Waals surface area contributed by atoms with Crippen molar-refractivity contribution < 1.29 is 52.3 Å². The van der Waals surface area contributed by atoms with E-state index in [1.807, 2.05) is 19.1 Å². The van der Waals surface area contributed by atoms with Gasteiger partial charge in [0.1, 0.15) is 37.9 Å². The number of carbonyl (C=O) groups excluding carboxylic acids is 4. The molecule has 0 saturated carbocycles. The molecule has 3 aromatic rings. The van der Waals surface area contributed by atoms with Gasteiger partial charge >= 0.3 is 23.9 Å². The molecule has 11 heteroatoms. The number of rotatable bonds is 19. The third kappa shape index (κ3) is 12.0. The Hall–Kier alpha value is -5.26. The lowest BCUT2D eigenvalue weighted by molar-refractivity contribution is -0.140. The van der Waals surface area contributed by atoms with Crippen LogP contribution < -0.4 is 9.47 Å². The van der Waals surface area contributed by atoms with Gasteiger partial charge in [-0.2, -0.15) is 0 Å². The summed E-state index contributed by atoms with van der Waals surface area (Å²) in [6, 6.07) is 18.9. The van der Waals surface area contributed by atoms with Crippen LogP contribution in [0.4, 0.5) is 0 Å². The number of benzene rings is 3. The van der Waals surface area contributed by atoms with E-state index in [2.05, 4.69) is 13.2 Å². The third-order valence-electron chi connectivity index (χ3n) is 6.16. The van der Waals surface area contributed by atoms with Gasteiger partial charge in [-0.1, -0.05) is 31.4 Å². The molecule has 0 aliphatic rings. The number of ether oxygens (including phenoxy) is 7. The molecule has 0 fully saturated rings. The van der Waals surface area contributed by atoms with Crippen LogP contribution in [-0.4, -0.2) is 76.7 Å². The van der Waals surface area contributed by atoms with Crippen molar-refractivity contribution in [2.75, 3.05) is 52.9 Å². The molecule has 0 saturated heterocycles. The lowest BCUT2D eigenvalue weighted by atomic mass is 10.0. The van der Waals surface area contributed by atoms with E-state index in [-0.39, 0.29) is 26.4 Å². The zero-order chi connectivity index (χ0) is 33.1. The van der Waals surface area contributed by atoms with Crippen LogP contribution in [0.15, 0.2) is 92.0 Å². The van der Waals surface area contributed by atoms with Crippen LogP contribution in [0, 0.1) is 6.92 Å². The Bertz CT molecular complexity index is 1480.